The van der Waals surface area contributed by atoms with Crippen LogP contribution in [0.4, 0.5) is 0 Å². The van der Waals surface area contributed by atoms with Crippen molar-refractivity contribution >= 4 is 29.0 Å². The Bertz CT molecular complexity index is 606. The lowest BCUT2D eigenvalue weighted by molar-refractivity contribution is 0.0983. The van der Waals surface area contributed by atoms with Gasteiger partial charge in [0.2, 0.25) is 0 Å². The van der Waals surface area contributed by atoms with Crippen molar-refractivity contribution in [3.05, 3.63) is 63.6 Å². The number of benzene rings is 2. The van der Waals surface area contributed by atoms with Gasteiger partial charge in [-0.2, -0.15) is 0 Å². The van der Waals surface area contributed by atoms with Crippen LogP contribution in [0.2, 0.25) is 10.0 Å². The third-order valence-corrected chi connectivity index (χ3v) is 3.87. The molecule has 0 saturated heterocycles. The first kappa shape index (κ1) is 14.9. The molecule has 0 saturated carbocycles. The van der Waals surface area contributed by atoms with E-state index in [0.29, 0.717) is 28.5 Å². The number of carbonyl (C=O) groups excluding carboxylic acids is 1. The molecule has 104 valence electrons. The number of rotatable bonds is 5. The zero-order valence-electron chi connectivity index (χ0n) is 11.0. The summed E-state index contributed by atoms with van der Waals surface area (Å²) in [4.78, 5) is 12.1. The summed E-state index contributed by atoms with van der Waals surface area (Å²) in [6.45, 7) is 0. The van der Waals surface area contributed by atoms with E-state index in [9.17, 15) is 4.79 Å². The fraction of sp³-hybridized carbons (Fsp3) is 0.188. The molecule has 0 aliphatic rings. The Balaban J connectivity index is 2.02. The Morgan fingerprint density at radius 2 is 1.80 bits per heavy atom. The predicted octanol–water partition coefficient (Wildman–Crippen LogP) is 4.82. The molecule has 0 aromatic heterocycles. The zero-order chi connectivity index (χ0) is 14.5. The first-order valence-corrected chi connectivity index (χ1v) is 6.97. The van der Waals surface area contributed by atoms with Crippen molar-refractivity contribution in [3.63, 3.8) is 0 Å². The van der Waals surface area contributed by atoms with Crippen LogP contribution >= 0.6 is 23.2 Å². The molecule has 4 heteroatoms. The van der Waals surface area contributed by atoms with Gasteiger partial charge in [-0.15, -0.1) is 0 Å². The van der Waals surface area contributed by atoms with Crippen molar-refractivity contribution in [2.45, 2.75) is 12.8 Å². The molecular formula is C16H14Cl2O2. The third kappa shape index (κ3) is 3.53. The van der Waals surface area contributed by atoms with E-state index in [1.807, 2.05) is 24.3 Å². The van der Waals surface area contributed by atoms with E-state index in [2.05, 4.69) is 0 Å². The van der Waals surface area contributed by atoms with Crippen molar-refractivity contribution in [1.29, 1.82) is 0 Å². The molecule has 2 aromatic carbocycles. The van der Waals surface area contributed by atoms with Gasteiger partial charge in [-0.25, -0.2) is 0 Å². The van der Waals surface area contributed by atoms with E-state index in [1.54, 1.807) is 25.3 Å². The lowest BCUT2D eigenvalue weighted by atomic mass is 10.0. The Kier molecular flexibility index (Phi) is 5.05. The quantitative estimate of drug-likeness (QED) is 0.740. The largest absolute Gasteiger partial charge is 0.497 e. The number of hydrogen-bond acceptors (Lipinski definition) is 2. The van der Waals surface area contributed by atoms with Gasteiger partial charge in [-0.05, 0) is 36.2 Å². The average Bonchev–Trinajstić information content (AvgIpc) is 2.48. The lowest BCUT2D eigenvalue weighted by Gasteiger charge is -2.06. The minimum absolute atomic E-state index is 0.00619. The minimum atomic E-state index is -0.00619. The molecule has 2 aromatic rings. The number of hydrogen-bond donors (Lipinski definition) is 0. The van der Waals surface area contributed by atoms with Crippen LogP contribution in [-0.2, 0) is 6.42 Å². The first-order chi connectivity index (χ1) is 9.61. The summed E-state index contributed by atoms with van der Waals surface area (Å²) in [5, 5.41) is 0.732. The molecule has 20 heavy (non-hydrogen) atoms. The highest BCUT2D eigenvalue weighted by Gasteiger charge is 2.12. The molecule has 0 unspecified atom stereocenters. The van der Waals surface area contributed by atoms with Crippen molar-refractivity contribution in [1.82, 2.24) is 0 Å². The van der Waals surface area contributed by atoms with E-state index in [0.717, 1.165) is 11.3 Å². The SMILES string of the molecule is COc1ccc(CCC(=O)c2cccc(Cl)c2Cl)cc1. The summed E-state index contributed by atoms with van der Waals surface area (Å²) in [5.41, 5.74) is 1.56. The number of carbonyl (C=O) groups is 1. The van der Waals surface area contributed by atoms with E-state index < -0.39 is 0 Å². The van der Waals surface area contributed by atoms with Crippen LogP contribution in [0.5, 0.6) is 5.75 Å². The molecule has 0 amide bonds. The normalized spacial score (nSPS) is 10.3. The first-order valence-electron chi connectivity index (χ1n) is 6.22. The smallest absolute Gasteiger partial charge is 0.164 e. The average molecular weight is 309 g/mol. The van der Waals surface area contributed by atoms with E-state index in [1.165, 1.54) is 0 Å². The van der Waals surface area contributed by atoms with E-state index in [-0.39, 0.29) is 5.78 Å². The molecule has 0 spiro atoms. The van der Waals surface area contributed by atoms with Gasteiger partial charge in [0.1, 0.15) is 5.75 Å². The second-order valence-electron chi connectivity index (χ2n) is 4.37. The van der Waals surface area contributed by atoms with Gasteiger partial charge in [-0.1, -0.05) is 41.4 Å². The maximum Gasteiger partial charge on any atom is 0.164 e. The highest BCUT2D eigenvalue weighted by Crippen LogP contribution is 2.26. The van der Waals surface area contributed by atoms with Crippen LogP contribution < -0.4 is 4.74 Å². The fourth-order valence-corrected chi connectivity index (χ4v) is 2.31. The summed E-state index contributed by atoms with van der Waals surface area (Å²) in [7, 11) is 1.62. The maximum absolute atomic E-state index is 12.1. The van der Waals surface area contributed by atoms with E-state index in [4.69, 9.17) is 27.9 Å². The summed E-state index contributed by atoms with van der Waals surface area (Å²) in [6.07, 6.45) is 1.05. The summed E-state index contributed by atoms with van der Waals surface area (Å²) < 4.78 is 5.09. The second kappa shape index (κ2) is 6.78. The van der Waals surface area contributed by atoms with Gasteiger partial charge in [0.15, 0.2) is 5.78 Å². The van der Waals surface area contributed by atoms with Gasteiger partial charge in [0.25, 0.3) is 0 Å². The van der Waals surface area contributed by atoms with Gasteiger partial charge >= 0.3 is 0 Å². The molecule has 0 fully saturated rings. The highest BCUT2D eigenvalue weighted by molar-refractivity contribution is 6.43. The Labute approximate surface area is 128 Å². The Morgan fingerprint density at radius 1 is 1.10 bits per heavy atom. The van der Waals surface area contributed by atoms with Gasteiger partial charge < -0.3 is 4.74 Å². The summed E-state index contributed by atoms with van der Waals surface area (Å²) >= 11 is 12.0. The number of ketones is 1. The van der Waals surface area contributed by atoms with Crippen LogP contribution in [0.3, 0.4) is 0 Å². The topological polar surface area (TPSA) is 26.3 Å². The molecule has 0 atom stereocenters. The van der Waals surface area contributed by atoms with Crippen LogP contribution in [-0.4, -0.2) is 12.9 Å². The zero-order valence-corrected chi connectivity index (χ0v) is 12.5. The summed E-state index contributed by atoms with van der Waals surface area (Å²) in [5.74, 6) is 0.797. The number of ether oxygens (including phenoxy) is 1. The molecule has 0 radical (unpaired) electrons. The van der Waals surface area contributed by atoms with Crippen LogP contribution in [0.1, 0.15) is 22.3 Å². The molecule has 0 aliphatic heterocycles. The standard InChI is InChI=1S/C16H14Cl2O2/c1-20-12-8-5-11(6-9-12)7-10-15(19)13-3-2-4-14(17)16(13)18/h2-6,8-9H,7,10H2,1H3. The molecule has 2 nitrogen and oxygen atoms in total. The molecular weight excluding hydrogens is 295 g/mol. The molecule has 0 aliphatic carbocycles. The number of Topliss-reactive ketones (excluding diaryl/α,β-unsaturated/α-hetero) is 1. The van der Waals surface area contributed by atoms with Gasteiger partial charge in [-0.3, -0.25) is 4.79 Å². The number of methoxy groups -OCH3 is 1. The minimum Gasteiger partial charge on any atom is -0.497 e. The van der Waals surface area contributed by atoms with Crippen molar-refractivity contribution in [2.24, 2.45) is 0 Å². The fourth-order valence-electron chi connectivity index (χ4n) is 1.90. The van der Waals surface area contributed by atoms with Crippen LogP contribution in [0.25, 0.3) is 0 Å². The maximum atomic E-state index is 12.1. The van der Waals surface area contributed by atoms with Crippen LogP contribution in [0.15, 0.2) is 42.5 Å². The summed E-state index contributed by atoms with van der Waals surface area (Å²) in [6, 6.07) is 12.8. The highest BCUT2D eigenvalue weighted by atomic mass is 35.5. The number of aryl methyl sites for hydroxylation is 1. The van der Waals surface area contributed by atoms with Crippen molar-refractivity contribution in [3.8, 4) is 5.75 Å². The van der Waals surface area contributed by atoms with Gasteiger partial charge in [0.05, 0.1) is 17.2 Å². The monoisotopic (exact) mass is 308 g/mol. The van der Waals surface area contributed by atoms with Crippen molar-refractivity contribution in [2.75, 3.05) is 7.11 Å². The molecule has 0 bridgehead atoms. The molecule has 0 N–H and O–H groups in total. The second-order valence-corrected chi connectivity index (χ2v) is 5.16. The number of halogens is 2. The third-order valence-electron chi connectivity index (χ3n) is 3.05. The molecule has 0 heterocycles. The Hall–Kier alpha value is -1.51. The molecule has 2 rings (SSSR count). The van der Waals surface area contributed by atoms with E-state index >= 15 is 0 Å². The predicted molar refractivity (Wildman–Crippen MR) is 82.1 cm³/mol. The lowest BCUT2D eigenvalue weighted by Crippen LogP contribution is -2.02. The Morgan fingerprint density at radius 3 is 2.45 bits per heavy atom. The van der Waals surface area contributed by atoms with Crippen molar-refractivity contribution < 1.29 is 9.53 Å². The van der Waals surface area contributed by atoms with Gasteiger partial charge in [0, 0.05) is 12.0 Å². The van der Waals surface area contributed by atoms with Crippen LogP contribution in [0, 0.1) is 0 Å².